The highest BCUT2D eigenvalue weighted by atomic mass is 16.6. The standard InChI is InChI=1S/C15H20O3/c1-9-5-4-7-14(3)8-6-11-10(2)13(16)18-12(11)15(9,14)17/h11-12,17H,1-2,4-8H2,3H3. The molecular weight excluding hydrogens is 228 g/mol. The van der Waals surface area contributed by atoms with Crippen molar-refractivity contribution in [1.82, 2.24) is 0 Å². The topological polar surface area (TPSA) is 46.5 Å². The van der Waals surface area contributed by atoms with Gasteiger partial charge < -0.3 is 9.84 Å². The first-order valence-corrected chi connectivity index (χ1v) is 6.70. The normalized spacial score (nSPS) is 47.6. The predicted octanol–water partition coefficient (Wildman–Crippen LogP) is 2.36. The van der Waals surface area contributed by atoms with Crippen molar-refractivity contribution in [3.63, 3.8) is 0 Å². The molecule has 0 bridgehead atoms. The van der Waals surface area contributed by atoms with Gasteiger partial charge in [0.2, 0.25) is 0 Å². The lowest BCUT2D eigenvalue weighted by Gasteiger charge is -2.56. The number of aliphatic hydroxyl groups is 1. The molecule has 4 atom stereocenters. The van der Waals surface area contributed by atoms with Crippen LogP contribution in [0.1, 0.15) is 39.0 Å². The van der Waals surface area contributed by atoms with Crippen molar-refractivity contribution >= 4 is 5.97 Å². The lowest BCUT2D eigenvalue weighted by atomic mass is 9.52. The highest BCUT2D eigenvalue weighted by Gasteiger charge is 2.64. The quantitative estimate of drug-likeness (QED) is 0.406. The summed E-state index contributed by atoms with van der Waals surface area (Å²) >= 11 is 0. The first kappa shape index (κ1) is 12.0. The summed E-state index contributed by atoms with van der Waals surface area (Å²) in [5.41, 5.74) is 0.0693. The van der Waals surface area contributed by atoms with Crippen molar-refractivity contribution in [2.24, 2.45) is 11.3 Å². The Labute approximate surface area is 108 Å². The second-order valence-electron chi connectivity index (χ2n) is 6.28. The third-order valence-corrected chi connectivity index (χ3v) is 5.39. The number of rotatable bonds is 0. The Hall–Kier alpha value is -1.09. The van der Waals surface area contributed by atoms with E-state index in [1.807, 2.05) is 0 Å². The van der Waals surface area contributed by atoms with Crippen LogP contribution in [0.3, 0.4) is 0 Å². The van der Waals surface area contributed by atoms with Gasteiger partial charge in [0.05, 0.1) is 0 Å². The van der Waals surface area contributed by atoms with Crippen molar-refractivity contribution in [2.45, 2.75) is 50.7 Å². The third kappa shape index (κ3) is 1.21. The van der Waals surface area contributed by atoms with Gasteiger partial charge in [0.15, 0.2) is 0 Å². The Kier molecular flexibility index (Phi) is 2.31. The third-order valence-electron chi connectivity index (χ3n) is 5.39. The smallest absolute Gasteiger partial charge is 0.334 e. The highest BCUT2D eigenvalue weighted by Crippen LogP contribution is 2.59. The van der Waals surface area contributed by atoms with Gasteiger partial charge in [-0.25, -0.2) is 4.79 Å². The summed E-state index contributed by atoms with van der Waals surface area (Å²) in [6.45, 7) is 9.98. The van der Waals surface area contributed by atoms with Crippen LogP contribution in [0, 0.1) is 11.3 Å². The van der Waals surface area contributed by atoms with Gasteiger partial charge in [-0.15, -0.1) is 0 Å². The zero-order valence-corrected chi connectivity index (χ0v) is 10.9. The van der Waals surface area contributed by atoms with Crippen LogP contribution in [0.15, 0.2) is 24.3 Å². The molecule has 3 rings (SSSR count). The summed E-state index contributed by atoms with van der Waals surface area (Å²) in [6.07, 6.45) is 4.16. The van der Waals surface area contributed by atoms with Gasteiger partial charge >= 0.3 is 5.97 Å². The Morgan fingerprint density at radius 2 is 2.11 bits per heavy atom. The molecule has 0 radical (unpaired) electrons. The van der Waals surface area contributed by atoms with Crippen LogP contribution in [0.25, 0.3) is 0 Å². The monoisotopic (exact) mass is 248 g/mol. The minimum Gasteiger partial charge on any atom is -0.455 e. The van der Waals surface area contributed by atoms with Gasteiger partial charge in [0.1, 0.15) is 11.7 Å². The summed E-state index contributed by atoms with van der Waals surface area (Å²) in [6, 6.07) is 0. The molecule has 0 aromatic heterocycles. The number of hydrogen-bond acceptors (Lipinski definition) is 3. The van der Waals surface area contributed by atoms with Crippen LogP contribution >= 0.6 is 0 Å². The molecule has 0 aromatic carbocycles. The van der Waals surface area contributed by atoms with E-state index in [4.69, 9.17) is 4.74 Å². The van der Waals surface area contributed by atoms with Crippen molar-refractivity contribution in [3.05, 3.63) is 24.3 Å². The molecule has 18 heavy (non-hydrogen) atoms. The average Bonchev–Trinajstić information content (AvgIpc) is 2.61. The number of carbonyl (C=O) groups is 1. The first-order valence-electron chi connectivity index (χ1n) is 6.70. The van der Waals surface area contributed by atoms with Crippen LogP contribution in [0.5, 0.6) is 0 Å². The van der Waals surface area contributed by atoms with Crippen molar-refractivity contribution in [1.29, 1.82) is 0 Å². The maximum Gasteiger partial charge on any atom is 0.334 e. The van der Waals surface area contributed by atoms with Crippen LogP contribution in [-0.2, 0) is 9.53 Å². The van der Waals surface area contributed by atoms with Gasteiger partial charge in [0, 0.05) is 16.9 Å². The molecule has 2 aliphatic carbocycles. The molecule has 3 heteroatoms. The zero-order valence-electron chi connectivity index (χ0n) is 10.9. The molecule has 0 spiro atoms. The van der Waals surface area contributed by atoms with Crippen molar-refractivity contribution in [2.75, 3.05) is 0 Å². The number of ether oxygens (including phenoxy) is 1. The van der Waals surface area contributed by atoms with E-state index in [2.05, 4.69) is 20.1 Å². The minimum absolute atomic E-state index is 0.0366. The maximum absolute atomic E-state index is 11.7. The van der Waals surface area contributed by atoms with E-state index in [1.54, 1.807) is 0 Å². The summed E-state index contributed by atoms with van der Waals surface area (Å²) in [5, 5.41) is 11.2. The van der Waals surface area contributed by atoms with E-state index in [0.717, 1.165) is 37.7 Å². The van der Waals surface area contributed by atoms with Crippen molar-refractivity contribution < 1.29 is 14.6 Å². The summed E-state index contributed by atoms with van der Waals surface area (Å²) in [5.74, 6) is -0.383. The zero-order chi connectivity index (χ0) is 13.1. The van der Waals surface area contributed by atoms with Crippen LogP contribution < -0.4 is 0 Å². The molecule has 4 unspecified atom stereocenters. The summed E-state index contributed by atoms with van der Waals surface area (Å²) in [7, 11) is 0. The lowest BCUT2D eigenvalue weighted by Crippen LogP contribution is -2.62. The van der Waals surface area contributed by atoms with E-state index in [-0.39, 0.29) is 17.3 Å². The largest absolute Gasteiger partial charge is 0.455 e. The van der Waals surface area contributed by atoms with E-state index < -0.39 is 11.7 Å². The fourth-order valence-corrected chi connectivity index (χ4v) is 4.14. The number of hydrogen-bond donors (Lipinski definition) is 1. The molecule has 3 nitrogen and oxygen atoms in total. The van der Waals surface area contributed by atoms with Gasteiger partial charge in [-0.1, -0.05) is 20.1 Å². The van der Waals surface area contributed by atoms with Crippen LogP contribution in [0.2, 0.25) is 0 Å². The molecule has 3 aliphatic rings. The van der Waals surface area contributed by atoms with Gasteiger partial charge in [-0.2, -0.15) is 0 Å². The fourth-order valence-electron chi connectivity index (χ4n) is 4.14. The van der Waals surface area contributed by atoms with Crippen LogP contribution in [0.4, 0.5) is 0 Å². The number of carbonyl (C=O) groups excluding carboxylic acids is 1. The summed E-state index contributed by atoms with van der Waals surface area (Å²) < 4.78 is 5.44. The Bertz CT molecular complexity index is 453. The molecule has 1 N–H and O–H groups in total. The second kappa shape index (κ2) is 3.47. The van der Waals surface area contributed by atoms with Gasteiger partial charge in [-0.05, 0) is 37.7 Å². The van der Waals surface area contributed by atoms with E-state index in [9.17, 15) is 9.90 Å². The van der Waals surface area contributed by atoms with Crippen LogP contribution in [-0.4, -0.2) is 22.8 Å². The Morgan fingerprint density at radius 1 is 1.39 bits per heavy atom. The lowest BCUT2D eigenvalue weighted by molar-refractivity contribution is -0.187. The highest BCUT2D eigenvalue weighted by molar-refractivity contribution is 5.91. The molecule has 3 fully saturated rings. The molecule has 1 saturated heterocycles. The molecular formula is C15H20O3. The first-order chi connectivity index (χ1) is 8.40. The average molecular weight is 248 g/mol. The molecule has 1 heterocycles. The number of fused-ring (bicyclic) bond motifs is 3. The predicted molar refractivity (Wildman–Crippen MR) is 67.8 cm³/mol. The number of esters is 1. The Balaban J connectivity index is 2.08. The van der Waals surface area contributed by atoms with E-state index >= 15 is 0 Å². The van der Waals surface area contributed by atoms with Gasteiger partial charge in [0.25, 0.3) is 0 Å². The minimum atomic E-state index is -1.07. The molecule has 0 aromatic rings. The molecule has 98 valence electrons. The molecule has 1 aliphatic heterocycles. The fraction of sp³-hybridized carbons (Fsp3) is 0.667. The summed E-state index contributed by atoms with van der Waals surface area (Å²) in [4.78, 5) is 11.7. The second-order valence-corrected chi connectivity index (χ2v) is 6.28. The van der Waals surface area contributed by atoms with Crippen molar-refractivity contribution in [3.8, 4) is 0 Å². The van der Waals surface area contributed by atoms with E-state index in [0.29, 0.717) is 5.57 Å². The molecule has 2 saturated carbocycles. The van der Waals surface area contributed by atoms with Gasteiger partial charge in [-0.3, -0.25) is 0 Å². The SMILES string of the molecule is C=C1C(=O)OC2C1CCC1(C)CCCC(=C)C21O. The molecule has 0 amide bonds. The maximum atomic E-state index is 11.7. The van der Waals surface area contributed by atoms with E-state index in [1.165, 1.54) is 0 Å². The Morgan fingerprint density at radius 3 is 2.83 bits per heavy atom.